The third-order valence-electron chi connectivity index (χ3n) is 9.13. The Morgan fingerprint density at radius 2 is 1.36 bits per heavy atom. The van der Waals surface area contributed by atoms with Crippen LogP contribution < -0.4 is 24.8 Å². The van der Waals surface area contributed by atoms with Gasteiger partial charge in [0.05, 0.1) is 0 Å². The minimum absolute atomic E-state index is 0. The summed E-state index contributed by atoms with van der Waals surface area (Å²) in [6.07, 6.45) is 18.8. The quantitative estimate of drug-likeness (QED) is 0.277. The van der Waals surface area contributed by atoms with E-state index < -0.39 is 0 Å². The van der Waals surface area contributed by atoms with Gasteiger partial charge in [-0.2, -0.15) is 35.4 Å². The van der Waals surface area contributed by atoms with E-state index in [0.717, 1.165) is 36.5 Å². The maximum atomic E-state index is 3.53. The molecule has 0 amide bonds. The molecule has 8 rings (SSSR count). The molecule has 0 aromatic heterocycles. The fourth-order valence-corrected chi connectivity index (χ4v) is 7.75. The van der Waals surface area contributed by atoms with Crippen molar-refractivity contribution >= 4 is 3.81 Å². The summed E-state index contributed by atoms with van der Waals surface area (Å²) in [4.78, 5) is 0. The molecule has 4 fully saturated rings. The Balaban J connectivity index is 0.000000194. The van der Waals surface area contributed by atoms with Crippen LogP contribution in [0.25, 0.3) is 11.1 Å². The summed E-state index contributed by atoms with van der Waals surface area (Å²) in [6, 6.07) is 15.1. The van der Waals surface area contributed by atoms with Crippen LogP contribution in [0.3, 0.4) is 0 Å². The molecule has 0 nitrogen and oxygen atoms in total. The molecule has 4 saturated carbocycles. The summed E-state index contributed by atoms with van der Waals surface area (Å²) in [6.45, 7) is 13.6. The molecule has 0 aliphatic heterocycles. The molecule has 0 atom stereocenters. The Labute approximate surface area is 262 Å². The maximum absolute atomic E-state index is 3.53. The van der Waals surface area contributed by atoms with Crippen LogP contribution in [-0.2, 0) is 37.2 Å². The van der Waals surface area contributed by atoms with Gasteiger partial charge in [-0.25, -0.2) is 12.2 Å². The van der Waals surface area contributed by atoms with Gasteiger partial charge in [0.1, 0.15) is 0 Å². The monoisotopic (exact) mass is 594 g/mol. The molecule has 0 radical (unpaired) electrons. The van der Waals surface area contributed by atoms with Gasteiger partial charge in [0.25, 0.3) is 0 Å². The fourth-order valence-electron chi connectivity index (χ4n) is 7.02. The number of benzene rings is 2. The molecule has 39 heavy (non-hydrogen) atoms. The Bertz CT molecular complexity index is 1120. The van der Waals surface area contributed by atoms with E-state index in [1.165, 1.54) is 33.4 Å². The number of allylic oxidation sites excluding steroid dienone is 4. The number of hydrogen-bond acceptors (Lipinski definition) is 0. The second-order valence-electron chi connectivity index (χ2n) is 14.1. The molecule has 0 heterocycles. The van der Waals surface area contributed by atoms with Crippen LogP contribution in [0.15, 0.2) is 48.6 Å². The standard InChI is InChI=1S/C21H25.C10H14.C5H5.2ClH.Ti/c1-20(2,3)16-9-7-14-11-15-8-10-17(21(4,5)6)13-19(15)18(14)12-16;1-7-2-9-4-8(1)5-10(3-7)6-9;1-2-4-5-3-1;;;/h7,9-10,12-13H,11H2,1-6H3;7-10H,1-5H2;1-3H,4H2;2*1H;/q-1;;-1;;;+2/p-2. The molecular weight excluding hydrogens is 551 g/mol. The molecule has 3 heteroatoms. The van der Waals surface area contributed by atoms with E-state index in [4.69, 9.17) is 0 Å². The van der Waals surface area contributed by atoms with Gasteiger partial charge in [0.15, 0.2) is 0 Å². The van der Waals surface area contributed by atoms with E-state index in [1.54, 1.807) is 32.1 Å². The predicted molar refractivity (Wildman–Crippen MR) is 155 cm³/mol. The van der Waals surface area contributed by atoms with Crippen LogP contribution in [0.4, 0.5) is 0 Å². The number of halogens is 2. The van der Waals surface area contributed by atoms with E-state index in [2.05, 4.69) is 110 Å². The van der Waals surface area contributed by atoms with E-state index >= 15 is 0 Å². The summed E-state index contributed by atoms with van der Waals surface area (Å²) in [5, 5.41) is 0. The third kappa shape index (κ3) is 7.49. The zero-order valence-corrected chi connectivity index (χ0v) is 27.7. The zero-order chi connectivity index (χ0) is 26.4. The van der Waals surface area contributed by atoms with Crippen LogP contribution in [0.1, 0.15) is 102 Å². The van der Waals surface area contributed by atoms with Gasteiger partial charge in [-0.3, -0.25) is 6.08 Å². The van der Waals surface area contributed by atoms with Gasteiger partial charge in [-0.05, 0) is 17.4 Å². The Kier molecular flexibility index (Phi) is 10.8. The number of fused-ring (bicyclic) bond motifs is 3. The van der Waals surface area contributed by atoms with Crippen LogP contribution >= 0.6 is 0 Å². The molecule has 4 bridgehead atoms. The second-order valence-corrected chi connectivity index (χ2v) is 15.0. The molecule has 208 valence electrons. The number of rotatable bonds is 0. The van der Waals surface area contributed by atoms with Crippen LogP contribution in [0.5, 0.6) is 0 Å². The summed E-state index contributed by atoms with van der Waals surface area (Å²) in [5.41, 5.74) is 8.76. The first-order valence-electron chi connectivity index (χ1n) is 14.5. The summed E-state index contributed by atoms with van der Waals surface area (Å²) in [7, 11) is 0. The SMILES string of the molecule is CC(C)(C)c1c[c-]c2c(c1)-c1cc(C(C)(C)C)ccc1C2.[C-]1=CC=CC1.[Cl-].[Cl-].[Ti+2]=[C]1C2CC3CC(C2)CC1C3. The van der Waals surface area contributed by atoms with Crippen molar-refractivity contribution in [2.24, 2.45) is 23.7 Å². The van der Waals surface area contributed by atoms with Gasteiger partial charge in [0.2, 0.25) is 0 Å². The van der Waals surface area contributed by atoms with E-state index in [9.17, 15) is 0 Å². The van der Waals surface area contributed by atoms with Gasteiger partial charge < -0.3 is 24.8 Å². The molecule has 0 saturated heterocycles. The number of hydrogen-bond donors (Lipinski definition) is 0. The first-order valence-corrected chi connectivity index (χ1v) is 15.3. The van der Waals surface area contributed by atoms with E-state index in [-0.39, 0.29) is 35.6 Å². The minimum atomic E-state index is 0. The summed E-state index contributed by atoms with van der Waals surface area (Å²) >= 11 is 2.42. The third-order valence-corrected chi connectivity index (χ3v) is 10.4. The summed E-state index contributed by atoms with van der Waals surface area (Å²) < 4.78 is 1.87. The molecule has 6 aliphatic carbocycles. The Morgan fingerprint density at radius 1 is 0.769 bits per heavy atom. The van der Waals surface area contributed by atoms with Gasteiger partial charge in [-0.15, -0.1) is 12.0 Å². The molecule has 0 N–H and O–H groups in total. The van der Waals surface area contributed by atoms with Crippen molar-refractivity contribution in [3.05, 3.63) is 83.0 Å². The van der Waals surface area contributed by atoms with Crippen LogP contribution in [0.2, 0.25) is 0 Å². The second kappa shape index (κ2) is 12.9. The fraction of sp³-hybridized carbons (Fsp3) is 0.528. The Hall–Kier alpha value is -0.916. The van der Waals surface area contributed by atoms with E-state index in [1.807, 2.05) is 16.0 Å². The van der Waals surface area contributed by atoms with Crippen molar-refractivity contribution in [3.8, 4) is 11.1 Å². The van der Waals surface area contributed by atoms with Crippen molar-refractivity contribution in [3.63, 3.8) is 0 Å². The molecule has 0 spiro atoms. The van der Waals surface area contributed by atoms with Crippen molar-refractivity contribution in [2.75, 3.05) is 0 Å². The first kappa shape index (κ1) is 32.6. The average molecular weight is 596 g/mol. The topological polar surface area (TPSA) is 0 Å². The average Bonchev–Trinajstić information content (AvgIpc) is 3.52. The molecule has 0 unspecified atom stereocenters. The Morgan fingerprint density at radius 3 is 1.85 bits per heavy atom. The molecular formula is C36H44Cl2Ti-2. The molecule has 6 aliphatic rings. The first-order chi connectivity index (χ1) is 17.5. The van der Waals surface area contributed by atoms with Crippen molar-refractivity contribution in [2.45, 2.75) is 97.3 Å². The van der Waals surface area contributed by atoms with Gasteiger partial charge in [-0.1, -0.05) is 76.3 Å². The zero-order valence-electron chi connectivity index (χ0n) is 24.6. The molecule has 2 aromatic rings. The van der Waals surface area contributed by atoms with Gasteiger partial charge >= 0.3 is 79.6 Å². The summed E-state index contributed by atoms with van der Waals surface area (Å²) in [5.74, 6) is 4.40. The van der Waals surface area contributed by atoms with Crippen LogP contribution in [-0.4, -0.2) is 3.81 Å². The predicted octanol–water partition coefficient (Wildman–Crippen LogP) is 3.13. The van der Waals surface area contributed by atoms with Crippen molar-refractivity contribution in [1.82, 2.24) is 0 Å². The van der Waals surface area contributed by atoms with E-state index in [0.29, 0.717) is 0 Å². The van der Waals surface area contributed by atoms with Gasteiger partial charge in [0, 0.05) is 0 Å². The van der Waals surface area contributed by atoms with Crippen LogP contribution in [0, 0.1) is 35.8 Å². The normalized spacial score (nSPS) is 25.0. The van der Waals surface area contributed by atoms with Crippen molar-refractivity contribution in [1.29, 1.82) is 0 Å². The molecule has 2 aromatic carbocycles. The van der Waals surface area contributed by atoms with Crippen molar-refractivity contribution < 1.29 is 44.8 Å².